The molecule has 0 spiro atoms. The summed E-state index contributed by atoms with van der Waals surface area (Å²) < 4.78 is 33.3. The lowest BCUT2D eigenvalue weighted by Crippen LogP contribution is -2.09. The van der Waals surface area contributed by atoms with E-state index in [-0.39, 0.29) is 12.3 Å². The summed E-state index contributed by atoms with van der Waals surface area (Å²) in [6.07, 6.45) is 1.34. The molecular weight excluding hydrogens is 236 g/mol. The third kappa shape index (κ3) is 3.14. The maximum atomic E-state index is 10.4. The van der Waals surface area contributed by atoms with E-state index in [1.165, 1.54) is 6.20 Å². The van der Waals surface area contributed by atoms with Crippen LogP contribution in [0.2, 0.25) is 0 Å². The smallest absolute Gasteiger partial charge is 0.397 e. The number of aryl methyl sites for hydroxylation is 1. The molecule has 90 valence electrons. The van der Waals surface area contributed by atoms with Crippen molar-refractivity contribution in [3.05, 3.63) is 23.0 Å². The van der Waals surface area contributed by atoms with Gasteiger partial charge in [-0.15, -0.1) is 0 Å². The van der Waals surface area contributed by atoms with Crippen molar-refractivity contribution in [1.82, 2.24) is 4.98 Å². The largest absolute Gasteiger partial charge is 0.506 e. The minimum Gasteiger partial charge on any atom is -0.506 e. The molecule has 1 aromatic rings. The van der Waals surface area contributed by atoms with Crippen LogP contribution in [0.3, 0.4) is 0 Å². The molecule has 0 atom stereocenters. The van der Waals surface area contributed by atoms with Crippen LogP contribution in [0.25, 0.3) is 0 Å². The highest BCUT2D eigenvalue weighted by Gasteiger charge is 2.13. The Morgan fingerprint density at radius 1 is 1.56 bits per heavy atom. The lowest BCUT2D eigenvalue weighted by Gasteiger charge is -2.10. The van der Waals surface area contributed by atoms with Crippen molar-refractivity contribution in [3.63, 3.8) is 0 Å². The molecular formula is C8H12N2O5S. The van der Waals surface area contributed by atoms with Gasteiger partial charge in [0, 0.05) is 23.9 Å². The van der Waals surface area contributed by atoms with Gasteiger partial charge >= 0.3 is 10.4 Å². The fourth-order valence-corrected chi connectivity index (χ4v) is 1.45. The van der Waals surface area contributed by atoms with Crippen LogP contribution in [0.15, 0.2) is 6.20 Å². The first-order valence-corrected chi connectivity index (χ1v) is 5.70. The van der Waals surface area contributed by atoms with E-state index in [9.17, 15) is 13.5 Å². The third-order valence-corrected chi connectivity index (χ3v) is 2.41. The van der Waals surface area contributed by atoms with Gasteiger partial charge in [0.2, 0.25) is 0 Å². The average Bonchev–Trinajstić information content (AvgIpc) is 2.18. The normalized spacial score (nSPS) is 11.7. The SMILES string of the molecule is Cc1ncc(COS(=O)(=O)O)c(CN)c1O. The zero-order chi connectivity index (χ0) is 12.3. The highest BCUT2D eigenvalue weighted by Crippen LogP contribution is 2.23. The van der Waals surface area contributed by atoms with E-state index in [0.717, 1.165) is 0 Å². The molecule has 7 nitrogen and oxygen atoms in total. The van der Waals surface area contributed by atoms with E-state index in [2.05, 4.69) is 9.17 Å². The minimum atomic E-state index is -4.52. The number of pyridine rings is 1. The van der Waals surface area contributed by atoms with Crippen LogP contribution in [-0.4, -0.2) is 23.1 Å². The molecule has 4 N–H and O–H groups in total. The summed E-state index contributed by atoms with van der Waals surface area (Å²) in [7, 11) is -4.52. The Kier molecular flexibility index (Phi) is 3.81. The standard InChI is InChI=1S/C8H12N2O5S/c1-5-8(11)7(2-9)6(3-10-5)4-15-16(12,13)14/h3,11H,2,4,9H2,1H3,(H,12,13,14). The van der Waals surface area contributed by atoms with Gasteiger partial charge in [-0.25, -0.2) is 4.18 Å². The number of hydrogen-bond acceptors (Lipinski definition) is 6. The summed E-state index contributed by atoms with van der Waals surface area (Å²) in [4.78, 5) is 3.83. The Bertz CT molecular complexity index is 485. The van der Waals surface area contributed by atoms with Gasteiger partial charge in [0.1, 0.15) is 5.75 Å². The van der Waals surface area contributed by atoms with E-state index >= 15 is 0 Å². The molecule has 0 aliphatic rings. The molecule has 0 saturated heterocycles. The molecule has 0 saturated carbocycles. The quantitative estimate of drug-likeness (QED) is 0.634. The zero-order valence-electron chi connectivity index (χ0n) is 8.54. The number of aromatic nitrogens is 1. The maximum absolute atomic E-state index is 10.4. The second kappa shape index (κ2) is 4.74. The van der Waals surface area contributed by atoms with Crippen LogP contribution in [0, 0.1) is 6.92 Å². The lowest BCUT2D eigenvalue weighted by molar-refractivity contribution is 0.258. The van der Waals surface area contributed by atoms with Crippen molar-refractivity contribution in [2.75, 3.05) is 0 Å². The molecule has 0 aliphatic heterocycles. The van der Waals surface area contributed by atoms with E-state index in [4.69, 9.17) is 10.3 Å². The van der Waals surface area contributed by atoms with E-state index in [1.807, 2.05) is 0 Å². The second-order valence-corrected chi connectivity index (χ2v) is 4.18. The monoisotopic (exact) mass is 248 g/mol. The van der Waals surface area contributed by atoms with E-state index < -0.39 is 17.0 Å². The summed E-state index contributed by atoms with van der Waals surface area (Å²) in [5, 5.41) is 9.60. The summed E-state index contributed by atoms with van der Waals surface area (Å²) in [5.41, 5.74) is 6.44. The number of nitrogens with zero attached hydrogens (tertiary/aromatic N) is 1. The van der Waals surface area contributed by atoms with Crippen LogP contribution >= 0.6 is 0 Å². The van der Waals surface area contributed by atoms with Gasteiger partial charge in [-0.2, -0.15) is 8.42 Å². The van der Waals surface area contributed by atoms with Crippen molar-refractivity contribution < 1.29 is 22.3 Å². The fraction of sp³-hybridized carbons (Fsp3) is 0.375. The fourth-order valence-electron chi connectivity index (χ4n) is 1.17. The molecule has 1 heterocycles. The summed E-state index contributed by atoms with van der Waals surface area (Å²) in [6, 6.07) is 0. The van der Waals surface area contributed by atoms with E-state index in [0.29, 0.717) is 16.8 Å². The number of hydrogen-bond donors (Lipinski definition) is 3. The number of nitrogens with two attached hydrogens (primary N) is 1. The molecule has 0 radical (unpaired) electrons. The molecule has 8 heteroatoms. The van der Waals surface area contributed by atoms with Crippen LogP contribution in [0.1, 0.15) is 16.8 Å². The molecule has 1 aromatic heterocycles. The van der Waals surface area contributed by atoms with Crippen molar-refractivity contribution in [2.45, 2.75) is 20.1 Å². The highest BCUT2D eigenvalue weighted by atomic mass is 32.3. The number of rotatable bonds is 4. The predicted octanol–water partition coefficient (Wildman–Crippen LogP) is -0.126. The molecule has 0 fully saturated rings. The summed E-state index contributed by atoms with van der Waals surface area (Å²) >= 11 is 0. The Balaban J connectivity index is 3.01. The Hall–Kier alpha value is -1.22. The minimum absolute atomic E-state index is 0.0133. The van der Waals surface area contributed by atoms with Gasteiger partial charge < -0.3 is 10.8 Å². The molecule has 16 heavy (non-hydrogen) atoms. The van der Waals surface area contributed by atoms with Crippen LogP contribution in [0.5, 0.6) is 5.75 Å². The predicted molar refractivity (Wildman–Crippen MR) is 54.9 cm³/mol. The van der Waals surface area contributed by atoms with Crippen LogP contribution in [-0.2, 0) is 27.7 Å². The van der Waals surface area contributed by atoms with Crippen LogP contribution in [0.4, 0.5) is 0 Å². The van der Waals surface area contributed by atoms with Crippen molar-refractivity contribution >= 4 is 10.4 Å². The van der Waals surface area contributed by atoms with Crippen LogP contribution < -0.4 is 5.73 Å². The van der Waals surface area contributed by atoms with Gasteiger partial charge in [0.25, 0.3) is 0 Å². The van der Waals surface area contributed by atoms with Gasteiger partial charge in [-0.1, -0.05) is 0 Å². The topological polar surface area (TPSA) is 123 Å². The number of aromatic hydroxyl groups is 1. The molecule has 0 aromatic carbocycles. The van der Waals surface area contributed by atoms with Gasteiger partial charge in [0.15, 0.2) is 0 Å². The first-order chi connectivity index (χ1) is 7.35. The second-order valence-electron chi connectivity index (χ2n) is 3.09. The molecule has 0 amide bonds. The van der Waals surface area contributed by atoms with Gasteiger partial charge in [-0.05, 0) is 6.92 Å². The lowest BCUT2D eigenvalue weighted by atomic mass is 10.1. The van der Waals surface area contributed by atoms with Gasteiger partial charge in [-0.3, -0.25) is 9.54 Å². The summed E-state index contributed by atoms with van der Waals surface area (Å²) in [6.45, 7) is 1.17. The molecule has 0 unspecified atom stereocenters. The van der Waals surface area contributed by atoms with Crippen molar-refractivity contribution in [3.8, 4) is 5.75 Å². The highest BCUT2D eigenvalue weighted by molar-refractivity contribution is 7.80. The zero-order valence-corrected chi connectivity index (χ0v) is 9.36. The van der Waals surface area contributed by atoms with Crippen molar-refractivity contribution in [1.29, 1.82) is 0 Å². The summed E-state index contributed by atoms with van der Waals surface area (Å²) in [5.74, 6) is -0.0982. The first kappa shape index (κ1) is 12.8. The maximum Gasteiger partial charge on any atom is 0.397 e. The average molecular weight is 248 g/mol. The molecule has 1 rings (SSSR count). The Morgan fingerprint density at radius 2 is 2.19 bits per heavy atom. The van der Waals surface area contributed by atoms with Crippen molar-refractivity contribution in [2.24, 2.45) is 5.73 Å². The molecule has 0 bridgehead atoms. The Labute approximate surface area is 92.8 Å². The van der Waals surface area contributed by atoms with Gasteiger partial charge in [0.05, 0.1) is 12.3 Å². The third-order valence-electron chi connectivity index (χ3n) is 2.00. The van der Waals surface area contributed by atoms with E-state index in [1.54, 1.807) is 6.92 Å². The first-order valence-electron chi connectivity index (χ1n) is 4.33. The molecule has 0 aliphatic carbocycles. The Morgan fingerprint density at radius 3 is 2.69 bits per heavy atom.